The lowest BCUT2D eigenvalue weighted by atomic mass is 9.73. The van der Waals surface area contributed by atoms with E-state index in [-0.39, 0.29) is 17.4 Å². The molecule has 3 N–H and O–H groups in total. The van der Waals surface area contributed by atoms with Gasteiger partial charge in [0, 0.05) is 19.0 Å². The average Bonchev–Trinajstić information content (AvgIpc) is 2.88. The Labute approximate surface area is 119 Å². The van der Waals surface area contributed by atoms with E-state index in [4.69, 9.17) is 0 Å². The zero-order valence-corrected chi connectivity index (χ0v) is 12.3. The van der Waals surface area contributed by atoms with Crippen LogP contribution in [0.4, 0.5) is 0 Å². The Morgan fingerprint density at radius 2 is 2.30 bits per heavy atom. The minimum Gasteiger partial charge on any atom is -0.351 e. The number of amides is 1. The van der Waals surface area contributed by atoms with E-state index in [0.717, 1.165) is 17.8 Å². The van der Waals surface area contributed by atoms with Gasteiger partial charge in [-0.2, -0.15) is 0 Å². The van der Waals surface area contributed by atoms with Gasteiger partial charge in [-0.3, -0.25) is 10.1 Å². The van der Waals surface area contributed by atoms with Crippen molar-refractivity contribution in [2.24, 2.45) is 5.41 Å². The Morgan fingerprint density at radius 3 is 3.10 bits per heavy atom. The molecule has 2 atom stereocenters. The predicted octanol–water partition coefficient (Wildman–Crippen LogP) is 1.51. The van der Waals surface area contributed by atoms with Gasteiger partial charge < -0.3 is 10.3 Å². The second-order valence-corrected chi connectivity index (χ2v) is 6.76. The highest BCUT2D eigenvalue weighted by atomic mass is 16.2. The maximum Gasteiger partial charge on any atom is 0.237 e. The smallest absolute Gasteiger partial charge is 0.237 e. The van der Waals surface area contributed by atoms with Crippen molar-refractivity contribution in [1.82, 2.24) is 20.6 Å². The van der Waals surface area contributed by atoms with Gasteiger partial charge in [-0.25, -0.2) is 4.98 Å². The Morgan fingerprint density at radius 1 is 1.45 bits per heavy atom. The number of imidazole rings is 1. The van der Waals surface area contributed by atoms with Crippen molar-refractivity contribution in [2.75, 3.05) is 0 Å². The zero-order chi connectivity index (χ0) is 14.2. The molecule has 0 radical (unpaired) electrons. The van der Waals surface area contributed by atoms with Crippen LogP contribution in [0.5, 0.6) is 0 Å². The third kappa shape index (κ3) is 2.59. The highest BCUT2D eigenvalue weighted by molar-refractivity contribution is 5.82. The summed E-state index contributed by atoms with van der Waals surface area (Å²) in [5, 5.41) is 6.56. The first-order valence-corrected chi connectivity index (χ1v) is 7.61. The molecule has 2 unspecified atom stereocenters. The maximum absolute atomic E-state index is 12.5. The van der Waals surface area contributed by atoms with E-state index in [2.05, 4.69) is 34.4 Å². The summed E-state index contributed by atoms with van der Waals surface area (Å²) < 4.78 is 0. The van der Waals surface area contributed by atoms with Crippen LogP contribution < -0.4 is 10.6 Å². The summed E-state index contributed by atoms with van der Waals surface area (Å²) in [7, 11) is 0. The fraction of sp³-hybridized carbons (Fsp3) is 0.733. The van der Waals surface area contributed by atoms with Crippen LogP contribution in [0.3, 0.4) is 0 Å². The summed E-state index contributed by atoms with van der Waals surface area (Å²) in [6, 6.07) is 0.148. The molecule has 110 valence electrons. The molecule has 0 spiro atoms. The normalized spacial score (nSPS) is 28.7. The number of nitrogens with one attached hydrogen (secondary N) is 3. The summed E-state index contributed by atoms with van der Waals surface area (Å²) in [5.74, 6) is 0.124. The topological polar surface area (TPSA) is 69.8 Å². The van der Waals surface area contributed by atoms with E-state index in [1.54, 1.807) is 6.33 Å². The van der Waals surface area contributed by atoms with Gasteiger partial charge in [0.1, 0.15) is 0 Å². The molecular weight excluding hydrogens is 252 g/mol. The van der Waals surface area contributed by atoms with Crippen molar-refractivity contribution in [3.8, 4) is 0 Å². The monoisotopic (exact) mass is 276 g/mol. The number of fused-ring (bicyclic) bond motifs is 1. The molecule has 5 nitrogen and oxygen atoms in total. The average molecular weight is 276 g/mol. The van der Waals surface area contributed by atoms with Gasteiger partial charge in [0.25, 0.3) is 0 Å². The van der Waals surface area contributed by atoms with E-state index >= 15 is 0 Å². The number of rotatable bonds is 2. The van der Waals surface area contributed by atoms with E-state index < -0.39 is 0 Å². The number of hydrogen-bond donors (Lipinski definition) is 3. The van der Waals surface area contributed by atoms with Crippen molar-refractivity contribution >= 4 is 5.91 Å². The largest absolute Gasteiger partial charge is 0.351 e. The van der Waals surface area contributed by atoms with E-state index in [0.29, 0.717) is 19.0 Å². The molecule has 1 aromatic rings. The second-order valence-electron chi connectivity index (χ2n) is 6.76. The van der Waals surface area contributed by atoms with Gasteiger partial charge in [0.15, 0.2) is 0 Å². The third-order valence-corrected chi connectivity index (χ3v) is 4.87. The quantitative estimate of drug-likeness (QED) is 0.767. The Kier molecular flexibility index (Phi) is 3.54. The summed E-state index contributed by atoms with van der Waals surface area (Å²) in [4.78, 5) is 19.9. The summed E-state index contributed by atoms with van der Waals surface area (Å²) in [5.41, 5.74) is 2.33. The van der Waals surface area contributed by atoms with E-state index in [9.17, 15) is 4.79 Å². The molecule has 1 saturated carbocycles. The second kappa shape index (κ2) is 5.20. The van der Waals surface area contributed by atoms with E-state index in [1.165, 1.54) is 19.3 Å². The molecule has 1 aliphatic carbocycles. The molecule has 2 heterocycles. The number of nitrogens with zero attached hydrogens (tertiary/aromatic N) is 1. The molecule has 0 saturated heterocycles. The van der Waals surface area contributed by atoms with Crippen molar-refractivity contribution in [3.63, 3.8) is 0 Å². The third-order valence-electron chi connectivity index (χ3n) is 4.87. The van der Waals surface area contributed by atoms with Crippen molar-refractivity contribution in [3.05, 3.63) is 17.7 Å². The number of carbonyl (C=O) groups is 1. The molecule has 1 amide bonds. The van der Waals surface area contributed by atoms with Crippen molar-refractivity contribution < 1.29 is 4.79 Å². The summed E-state index contributed by atoms with van der Waals surface area (Å²) >= 11 is 0. The highest BCUT2D eigenvalue weighted by Gasteiger charge is 2.35. The van der Waals surface area contributed by atoms with Crippen LogP contribution in [-0.4, -0.2) is 28.0 Å². The number of H-pyrrole nitrogens is 1. The molecular formula is C15H24N4O. The first kappa shape index (κ1) is 13.6. The molecule has 3 rings (SSSR count). The number of aromatic amines is 1. The van der Waals surface area contributed by atoms with E-state index in [1.807, 2.05) is 0 Å². The van der Waals surface area contributed by atoms with Gasteiger partial charge in [-0.15, -0.1) is 0 Å². The van der Waals surface area contributed by atoms with Crippen LogP contribution in [-0.2, 0) is 17.8 Å². The molecule has 1 fully saturated rings. The van der Waals surface area contributed by atoms with Crippen LogP contribution in [0.2, 0.25) is 0 Å². The fourth-order valence-electron chi connectivity index (χ4n) is 3.39. The Hall–Kier alpha value is -1.36. The lowest BCUT2D eigenvalue weighted by Gasteiger charge is -2.40. The van der Waals surface area contributed by atoms with Crippen LogP contribution in [0.15, 0.2) is 6.33 Å². The Balaban J connectivity index is 1.62. The SMILES string of the molecule is CC1(C)CCCCC1NC(=O)C1Cc2nc[nH]c2CN1. The minimum absolute atomic E-state index is 0.124. The summed E-state index contributed by atoms with van der Waals surface area (Å²) in [6.07, 6.45) is 7.17. The molecule has 1 aliphatic heterocycles. The lowest BCUT2D eigenvalue weighted by molar-refractivity contribution is -0.125. The number of hydrogen-bond acceptors (Lipinski definition) is 3. The number of aromatic nitrogens is 2. The van der Waals surface area contributed by atoms with Crippen molar-refractivity contribution in [1.29, 1.82) is 0 Å². The summed E-state index contributed by atoms with van der Waals surface area (Å²) in [6.45, 7) is 5.22. The van der Waals surface area contributed by atoms with Crippen LogP contribution in [0.1, 0.15) is 50.9 Å². The standard InChI is InChI=1S/C15H24N4O/c1-15(2)6-4-3-5-13(15)19-14(20)11-7-10-12(8-16-11)18-9-17-10/h9,11,13,16H,3-8H2,1-2H3,(H,17,18)(H,19,20). The molecule has 1 aromatic heterocycles. The molecule has 5 heteroatoms. The number of carbonyl (C=O) groups excluding carboxylic acids is 1. The molecule has 20 heavy (non-hydrogen) atoms. The first-order chi connectivity index (χ1) is 9.56. The first-order valence-electron chi connectivity index (χ1n) is 7.61. The lowest BCUT2D eigenvalue weighted by Crippen LogP contribution is -2.54. The molecule has 2 aliphatic rings. The fourth-order valence-corrected chi connectivity index (χ4v) is 3.39. The Bertz CT molecular complexity index is 494. The van der Waals surface area contributed by atoms with Crippen LogP contribution in [0.25, 0.3) is 0 Å². The highest BCUT2D eigenvalue weighted by Crippen LogP contribution is 2.35. The van der Waals surface area contributed by atoms with Gasteiger partial charge in [0.2, 0.25) is 5.91 Å². The predicted molar refractivity (Wildman–Crippen MR) is 77.1 cm³/mol. The maximum atomic E-state index is 12.5. The minimum atomic E-state index is -0.150. The van der Waals surface area contributed by atoms with Gasteiger partial charge in [-0.1, -0.05) is 26.7 Å². The van der Waals surface area contributed by atoms with Gasteiger partial charge in [0.05, 0.1) is 23.8 Å². The molecule has 0 aromatic carbocycles. The van der Waals surface area contributed by atoms with Crippen LogP contribution in [0, 0.1) is 5.41 Å². The molecule has 0 bridgehead atoms. The van der Waals surface area contributed by atoms with Crippen molar-refractivity contribution in [2.45, 2.75) is 64.6 Å². The van der Waals surface area contributed by atoms with Gasteiger partial charge in [-0.05, 0) is 18.3 Å². The van der Waals surface area contributed by atoms with Gasteiger partial charge >= 0.3 is 0 Å². The zero-order valence-electron chi connectivity index (χ0n) is 12.3. The van der Waals surface area contributed by atoms with Crippen LogP contribution >= 0.6 is 0 Å².